The van der Waals surface area contributed by atoms with Crippen molar-refractivity contribution in [2.45, 2.75) is 34.1 Å². The van der Waals surface area contributed by atoms with E-state index in [1.54, 1.807) is 12.3 Å². The van der Waals surface area contributed by atoms with E-state index in [1.165, 1.54) is 0 Å². The van der Waals surface area contributed by atoms with Gasteiger partial charge in [0, 0.05) is 18.2 Å². The maximum atomic E-state index is 12.2. The summed E-state index contributed by atoms with van der Waals surface area (Å²) >= 11 is 0. The molecule has 0 unspecified atom stereocenters. The van der Waals surface area contributed by atoms with Gasteiger partial charge in [-0.3, -0.25) is 4.79 Å². The highest BCUT2D eigenvalue weighted by atomic mass is 16.1. The first-order valence-corrected chi connectivity index (χ1v) is 5.70. The van der Waals surface area contributed by atoms with Crippen molar-refractivity contribution in [2.24, 2.45) is 5.41 Å². The first-order valence-electron chi connectivity index (χ1n) is 5.70. The van der Waals surface area contributed by atoms with Gasteiger partial charge in [-0.25, -0.2) is 4.98 Å². The smallest absolute Gasteiger partial charge is 0.171 e. The first-order chi connectivity index (χ1) is 7.46. The largest absolute Gasteiger partial charge is 0.369 e. The number of anilines is 1. The molecule has 0 aliphatic heterocycles. The van der Waals surface area contributed by atoms with Crippen molar-refractivity contribution in [3.05, 3.63) is 23.9 Å². The second-order valence-corrected chi connectivity index (χ2v) is 4.91. The molecule has 0 saturated carbocycles. The van der Waals surface area contributed by atoms with Crippen molar-refractivity contribution in [1.29, 1.82) is 0 Å². The third-order valence-electron chi connectivity index (χ3n) is 2.28. The Balaban J connectivity index is 2.99. The number of hydrogen-bond acceptors (Lipinski definition) is 3. The fraction of sp³-hybridized carbons (Fsp3) is 0.538. The van der Waals surface area contributed by atoms with E-state index in [9.17, 15) is 4.79 Å². The molecule has 0 aliphatic rings. The molecule has 16 heavy (non-hydrogen) atoms. The van der Waals surface area contributed by atoms with E-state index in [-0.39, 0.29) is 11.2 Å². The van der Waals surface area contributed by atoms with Crippen LogP contribution in [0, 0.1) is 5.41 Å². The maximum Gasteiger partial charge on any atom is 0.171 e. The molecule has 1 aromatic heterocycles. The highest BCUT2D eigenvalue weighted by Gasteiger charge is 2.25. The van der Waals surface area contributed by atoms with Crippen molar-refractivity contribution < 1.29 is 4.79 Å². The lowest BCUT2D eigenvalue weighted by molar-refractivity contribution is 0.0859. The van der Waals surface area contributed by atoms with Crippen molar-refractivity contribution in [2.75, 3.05) is 11.9 Å². The summed E-state index contributed by atoms with van der Waals surface area (Å²) in [6.45, 7) is 8.69. The van der Waals surface area contributed by atoms with Gasteiger partial charge in [-0.15, -0.1) is 0 Å². The van der Waals surface area contributed by atoms with Crippen LogP contribution in [0.4, 0.5) is 5.82 Å². The fourth-order valence-electron chi connectivity index (χ4n) is 1.38. The third-order valence-corrected chi connectivity index (χ3v) is 2.28. The molecular weight excluding hydrogens is 200 g/mol. The number of nitrogens with one attached hydrogen (secondary N) is 1. The summed E-state index contributed by atoms with van der Waals surface area (Å²) < 4.78 is 0. The van der Waals surface area contributed by atoms with Crippen LogP contribution < -0.4 is 5.32 Å². The van der Waals surface area contributed by atoms with Crippen LogP contribution in [0.3, 0.4) is 0 Å². The van der Waals surface area contributed by atoms with Gasteiger partial charge >= 0.3 is 0 Å². The molecule has 0 amide bonds. The Morgan fingerprint density at radius 2 is 2.12 bits per heavy atom. The zero-order valence-electron chi connectivity index (χ0n) is 10.5. The van der Waals surface area contributed by atoms with E-state index < -0.39 is 0 Å². The van der Waals surface area contributed by atoms with Crippen LogP contribution >= 0.6 is 0 Å². The molecule has 1 N–H and O–H groups in total. The van der Waals surface area contributed by atoms with E-state index >= 15 is 0 Å². The van der Waals surface area contributed by atoms with E-state index in [0.29, 0.717) is 11.4 Å². The van der Waals surface area contributed by atoms with Gasteiger partial charge in [0.15, 0.2) is 5.78 Å². The van der Waals surface area contributed by atoms with Crippen LogP contribution in [0.5, 0.6) is 0 Å². The van der Waals surface area contributed by atoms with Gasteiger partial charge in [0.05, 0.1) is 5.56 Å². The van der Waals surface area contributed by atoms with E-state index in [1.807, 2.05) is 26.8 Å². The number of hydrogen-bond donors (Lipinski definition) is 1. The molecule has 3 nitrogen and oxygen atoms in total. The summed E-state index contributed by atoms with van der Waals surface area (Å²) in [5.41, 5.74) is 0.314. The van der Waals surface area contributed by atoms with Gasteiger partial charge in [0.2, 0.25) is 0 Å². The molecule has 1 aromatic rings. The third kappa shape index (κ3) is 3.05. The second-order valence-electron chi connectivity index (χ2n) is 4.91. The fourth-order valence-corrected chi connectivity index (χ4v) is 1.38. The van der Waals surface area contributed by atoms with Crippen LogP contribution in [0.2, 0.25) is 0 Å². The summed E-state index contributed by atoms with van der Waals surface area (Å²) in [5, 5.41) is 3.18. The number of pyridine rings is 1. The maximum absolute atomic E-state index is 12.2. The van der Waals surface area contributed by atoms with Crippen LogP contribution in [-0.2, 0) is 0 Å². The number of ketones is 1. The van der Waals surface area contributed by atoms with Gasteiger partial charge in [-0.1, -0.05) is 27.7 Å². The lowest BCUT2D eigenvalue weighted by Crippen LogP contribution is -2.22. The van der Waals surface area contributed by atoms with Crippen molar-refractivity contribution in [3.63, 3.8) is 0 Å². The molecule has 88 valence electrons. The highest BCUT2D eigenvalue weighted by molar-refractivity contribution is 6.03. The highest BCUT2D eigenvalue weighted by Crippen LogP contribution is 2.24. The van der Waals surface area contributed by atoms with E-state index in [0.717, 1.165) is 13.0 Å². The molecule has 0 fully saturated rings. The Morgan fingerprint density at radius 3 is 2.69 bits per heavy atom. The molecule has 0 aromatic carbocycles. The number of Topliss-reactive ketones (excluding diaryl/α,β-unsaturated/α-hetero) is 1. The Labute approximate surface area is 97.3 Å². The molecule has 0 aliphatic carbocycles. The molecule has 0 bridgehead atoms. The molecule has 1 heterocycles. The quantitative estimate of drug-likeness (QED) is 0.793. The molecule has 0 radical (unpaired) electrons. The Morgan fingerprint density at radius 1 is 1.44 bits per heavy atom. The number of carbonyl (C=O) groups is 1. The average Bonchev–Trinajstić information content (AvgIpc) is 2.24. The van der Waals surface area contributed by atoms with E-state index in [2.05, 4.69) is 17.2 Å². The van der Waals surface area contributed by atoms with Crippen LogP contribution in [0.1, 0.15) is 44.5 Å². The van der Waals surface area contributed by atoms with Crippen LogP contribution in [0.25, 0.3) is 0 Å². The Kier molecular flexibility index (Phi) is 4.05. The summed E-state index contributed by atoms with van der Waals surface area (Å²) in [7, 11) is 0. The van der Waals surface area contributed by atoms with Crippen LogP contribution in [-0.4, -0.2) is 17.3 Å². The zero-order chi connectivity index (χ0) is 12.2. The van der Waals surface area contributed by atoms with Gasteiger partial charge in [0.1, 0.15) is 5.82 Å². The second kappa shape index (κ2) is 5.10. The number of rotatable bonds is 4. The van der Waals surface area contributed by atoms with E-state index in [4.69, 9.17) is 0 Å². The molecular formula is C13H20N2O. The van der Waals surface area contributed by atoms with Gasteiger partial charge < -0.3 is 5.32 Å². The first kappa shape index (κ1) is 12.7. The summed E-state index contributed by atoms with van der Waals surface area (Å²) in [4.78, 5) is 16.4. The molecule has 0 spiro atoms. The van der Waals surface area contributed by atoms with Gasteiger partial charge in [0.25, 0.3) is 0 Å². The minimum atomic E-state index is -0.369. The average molecular weight is 220 g/mol. The topological polar surface area (TPSA) is 42.0 Å². The zero-order valence-corrected chi connectivity index (χ0v) is 10.5. The Hall–Kier alpha value is -1.38. The molecule has 1 rings (SSSR count). The number of carbonyl (C=O) groups excluding carboxylic acids is 1. The summed E-state index contributed by atoms with van der Waals surface area (Å²) in [6, 6.07) is 3.63. The number of aromatic nitrogens is 1. The molecule has 3 heteroatoms. The minimum absolute atomic E-state index is 0.124. The van der Waals surface area contributed by atoms with Crippen molar-refractivity contribution >= 4 is 11.6 Å². The SMILES string of the molecule is CCCNc1ncccc1C(=O)C(C)(C)C. The lowest BCUT2D eigenvalue weighted by Gasteiger charge is -2.18. The molecule has 0 saturated heterocycles. The number of nitrogens with zero attached hydrogens (tertiary/aromatic N) is 1. The summed E-state index contributed by atoms with van der Waals surface area (Å²) in [6.07, 6.45) is 2.72. The summed E-state index contributed by atoms with van der Waals surface area (Å²) in [5.74, 6) is 0.823. The normalized spacial score (nSPS) is 11.2. The van der Waals surface area contributed by atoms with Gasteiger partial charge in [-0.2, -0.15) is 0 Å². The molecule has 0 atom stereocenters. The predicted octanol–water partition coefficient (Wildman–Crippen LogP) is 3.13. The minimum Gasteiger partial charge on any atom is -0.369 e. The predicted molar refractivity (Wildman–Crippen MR) is 66.8 cm³/mol. The van der Waals surface area contributed by atoms with Gasteiger partial charge in [-0.05, 0) is 18.6 Å². The van der Waals surface area contributed by atoms with Crippen molar-refractivity contribution in [1.82, 2.24) is 4.98 Å². The van der Waals surface area contributed by atoms with Crippen molar-refractivity contribution in [3.8, 4) is 0 Å². The Bertz CT molecular complexity index is 366. The van der Waals surface area contributed by atoms with Crippen LogP contribution in [0.15, 0.2) is 18.3 Å². The lowest BCUT2D eigenvalue weighted by atomic mass is 9.87. The monoisotopic (exact) mass is 220 g/mol. The standard InChI is InChI=1S/C13H20N2O/c1-5-8-14-12-10(7-6-9-15-12)11(16)13(2,3)4/h6-7,9H,5,8H2,1-4H3,(H,14,15).